The Balaban J connectivity index is 2.00. The van der Waals surface area contributed by atoms with Crippen LogP contribution in [0.25, 0.3) is 0 Å². The van der Waals surface area contributed by atoms with E-state index in [0.717, 1.165) is 11.4 Å². The first-order valence-corrected chi connectivity index (χ1v) is 6.40. The number of nitrogens with zero attached hydrogens (tertiary/aromatic N) is 4. The van der Waals surface area contributed by atoms with Crippen molar-refractivity contribution < 1.29 is 9.90 Å². The van der Waals surface area contributed by atoms with Gasteiger partial charge in [-0.2, -0.15) is 5.10 Å². The maximum Gasteiger partial charge on any atom is 0.246 e. The summed E-state index contributed by atoms with van der Waals surface area (Å²) in [4.78, 5) is 11.9. The zero-order valence-corrected chi connectivity index (χ0v) is 11.7. The third-order valence-electron chi connectivity index (χ3n) is 2.98. The lowest BCUT2D eigenvalue weighted by atomic mass is 10.2. The van der Waals surface area contributed by atoms with E-state index in [1.807, 2.05) is 20.8 Å². The van der Waals surface area contributed by atoms with E-state index in [2.05, 4.69) is 25.8 Å². The molecule has 1 atom stereocenters. The standard InChI is InChI=1S/C12H18N6O2/c1-4-10(19)9-5-18(17-16-9)6-11(20)13-12-7(2)14-15-8(12)3/h5,10,19H,4,6H2,1-3H3,(H,13,20)(H,14,15). The molecule has 0 saturated carbocycles. The summed E-state index contributed by atoms with van der Waals surface area (Å²) >= 11 is 0. The predicted molar refractivity (Wildman–Crippen MR) is 72.0 cm³/mol. The lowest BCUT2D eigenvalue weighted by Crippen LogP contribution is -2.19. The minimum atomic E-state index is -0.648. The van der Waals surface area contributed by atoms with Gasteiger partial charge in [0, 0.05) is 0 Å². The van der Waals surface area contributed by atoms with Crippen LogP contribution in [-0.4, -0.2) is 36.2 Å². The summed E-state index contributed by atoms with van der Waals surface area (Å²) in [6.07, 6.45) is 1.48. The number of carbonyl (C=O) groups excluding carboxylic acids is 1. The highest BCUT2D eigenvalue weighted by molar-refractivity contribution is 5.91. The zero-order chi connectivity index (χ0) is 14.7. The Kier molecular flexibility index (Phi) is 4.14. The second kappa shape index (κ2) is 5.83. The van der Waals surface area contributed by atoms with Crippen LogP contribution in [-0.2, 0) is 11.3 Å². The third-order valence-corrected chi connectivity index (χ3v) is 2.98. The van der Waals surface area contributed by atoms with E-state index in [9.17, 15) is 9.90 Å². The molecule has 2 heterocycles. The molecule has 0 spiro atoms. The first-order valence-electron chi connectivity index (χ1n) is 6.40. The molecule has 8 heteroatoms. The first-order chi connectivity index (χ1) is 9.51. The van der Waals surface area contributed by atoms with Crippen molar-refractivity contribution in [1.82, 2.24) is 25.2 Å². The third kappa shape index (κ3) is 3.02. The first kappa shape index (κ1) is 14.2. The Morgan fingerprint density at radius 1 is 1.55 bits per heavy atom. The summed E-state index contributed by atoms with van der Waals surface area (Å²) in [6, 6.07) is 0. The van der Waals surface area contributed by atoms with Crippen molar-refractivity contribution in [2.75, 3.05) is 5.32 Å². The maximum atomic E-state index is 11.9. The van der Waals surface area contributed by atoms with Gasteiger partial charge in [-0.3, -0.25) is 9.89 Å². The van der Waals surface area contributed by atoms with Gasteiger partial charge in [0.2, 0.25) is 5.91 Å². The summed E-state index contributed by atoms with van der Waals surface area (Å²) in [5, 5.41) is 26.9. The number of hydrogen-bond acceptors (Lipinski definition) is 5. The van der Waals surface area contributed by atoms with E-state index in [1.165, 1.54) is 4.68 Å². The van der Waals surface area contributed by atoms with Crippen molar-refractivity contribution in [2.24, 2.45) is 0 Å². The van der Waals surface area contributed by atoms with Gasteiger partial charge in [-0.15, -0.1) is 5.10 Å². The molecule has 0 radical (unpaired) electrons. The van der Waals surface area contributed by atoms with Crippen molar-refractivity contribution in [1.29, 1.82) is 0 Å². The number of rotatable bonds is 5. The van der Waals surface area contributed by atoms with Gasteiger partial charge in [-0.25, -0.2) is 4.68 Å². The van der Waals surface area contributed by atoms with Crippen LogP contribution in [0.3, 0.4) is 0 Å². The molecule has 2 aromatic rings. The Hall–Kier alpha value is -2.22. The van der Waals surface area contributed by atoms with Gasteiger partial charge in [-0.05, 0) is 20.3 Å². The lowest BCUT2D eigenvalue weighted by molar-refractivity contribution is -0.116. The molecule has 0 aliphatic rings. The molecule has 1 amide bonds. The average Bonchev–Trinajstić information content (AvgIpc) is 3.00. The summed E-state index contributed by atoms with van der Waals surface area (Å²) in [5.74, 6) is -0.222. The predicted octanol–water partition coefficient (Wildman–Crippen LogP) is 0.700. The van der Waals surface area contributed by atoms with E-state index in [0.29, 0.717) is 17.8 Å². The van der Waals surface area contributed by atoms with E-state index in [-0.39, 0.29) is 12.5 Å². The Morgan fingerprint density at radius 2 is 2.30 bits per heavy atom. The van der Waals surface area contributed by atoms with Crippen LogP contribution in [0, 0.1) is 13.8 Å². The molecular weight excluding hydrogens is 260 g/mol. The van der Waals surface area contributed by atoms with Crippen LogP contribution in [0.4, 0.5) is 5.69 Å². The molecule has 20 heavy (non-hydrogen) atoms. The van der Waals surface area contributed by atoms with Crippen LogP contribution in [0.15, 0.2) is 6.20 Å². The average molecular weight is 278 g/mol. The molecule has 108 valence electrons. The highest BCUT2D eigenvalue weighted by Crippen LogP contribution is 2.16. The van der Waals surface area contributed by atoms with E-state index >= 15 is 0 Å². The highest BCUT2D eigenvalue weighted by Gasteiger charge is 2.13. The molecule has 0 aromatic carbocycles. The Labute approximate surface area is 116 Å². The minimum Gasteiger partial charge on any atom is -0.387 e. The van der Waals surface area contributed by atoms with Crippen LogP contribution in [0.1, 0.15) is 36.5 Å². The van der Waals surface area contributed by atoms with Gasteiger partial charge < -0.3 is 10.4 Å². The number of H-pyrrole nitrogens is 1. The zero-order valence-electron chi connectivity index (χ0n) is 11.7. The van der Waals surface area contributed by atoms with E-state index in [1.54, 1.807) is 6.20 Å². The lowest BCUT2D eigenvalue weighted by Gasteiger charge is -2.05. The quantitative estimate of drug-likeness (QED) is 0.746. The Morgan fingerprint density at radius 3 is 2.90 bits per heavy atom. The molecule has 0 fully saturated rings. The number of aliphatic hydroxyl groups excluding tert-OH is 1. The minimum absolute atomic E-state index is 0.0352. The number of hydrogen-bond donors (Lipinski definition) is 3. The van der Waals surface area contributed by atoms with Gasteiger partial charge >= 0.3 is 0 Å². The fourth-order valence-electron chi connectivity index (χ4n) is 1.81. The van der Waals surface area contributed by atoms with Crippen molar-refractivity contribution in [2.45, 2.75) is 39.8 Å². The highest BCUT2D eigenvalue weighted by atomic mass is 16.3. The number of anilines is 1. The van der Waals surface area contributed by atoms with Crippen LogP contribution in [0.5, 0.6) is 0 Å². The molecule has 1 unspecified atom stereocenters. The van der Waals surface area contributed by atoms with E-state index < -0.39 is 6.10 Å². The topological polar surface area (TPSA) is 109 Å². The van der Waals surface area contributed by atoms with E-state index in [4.69, 9.17) is 0 Å². The van der Waals surface area contributed by atoms with Gasteiger partial charge in [0.25, 0.3) is 0 Å². The van der Waals surface area contributed by atoms with Crippen LogP contribution in [0.2, 0.25) is 0 Å². The summed E-state index contributed by atoms with van der Waals surface area (Å²) in [6.45, 7) is 5.53. The number of aromatic nitrogens is 5. The smallest absolute Gasteiger partial charge is 0.246 e. The van der Waals surface area contributed by atoms with Crippen molar-refractivity contribution >= 4 is 11.6 Å². The molecule has 2 rings (SSSR count). The summed E-state index contributed by atoms with van der Waals surface area (Å²) in [7, 11) is 0. The van der Waals surface area contributed by atoms with Gasteiger partial charge in [0.1, 0.15) is 12.2 Å². The van der Waals surface area contributed by atoms with Crippen LogP contribution >= 0.6 is 0 Å². The summed E-state index contributed by atoms with van der Waals surface area (Å²) < 4.78 is 1.40. The monoisotopic (exact) mass is 278 g/mol. The molecule has 8 nitrogen and oxygen atoms in total. The van der Waals surface area contributed by atoms with Crippen LogP contribution < -0.4 is 5.32 Å². The van der Waals surface area contributed by atoms with Gasteiger partial charge in [-0.1, -0.05) is 12.1 Å². The Bertz CT molecular complexity index is 583. The summed E-state index contributed by atoms with van der Waals surface area (Å²) in [5.41, 5.74) is 2.69. The van der Waals surface area contributed by atoms with Crippen molar-refractivity contribution in [3.63, 3.8) is 0 Å². The molecule has 0 aliphatic heterocycles. The number of amides is 1. The SMILES string of the molecule is CCC(O)c1cn(CC(=O)Nc2c(C)n[nH]c2C)nn1. The molecule has 0 saturated heterocycles. The molecule has 0 aliphatic carbocycles. The fourth-order valence-corrected chi connectivity index (χ4v) is 1.81. The number of aryl methyl sites for hydroxylation is 2. The normalized spacial score (nSPS) is 12.4. The molecule has 0 bridgehead atoms. The number of carbonyl (C=O) groups is 1. The largest absolute Gasteiger partial charge is 0.387 e. The molecule has 2 aromatic heterocycles. The number of aliphatic hydroxyl groups is 1. The van der Waals surface area contributed by atoms with Gasteiger partial charge in [0.15, 0.2) is 0 Å². The fraction of sp³-hybridized carbons (Fsp3) is 0.500. The van der Waals surface area contributed by atoms with Crippen molar-refractivity contribution in [3.05, 3.63) is 23.3 Å². The second-order valence-electron chi connectivity index (χ2n) is 4.62. The van der Waals surface area contributed by atoms with Gasteiger partial charge in [0.05, 0.1) is 29.4 Å². The van der Waals surface area contributed by atoms with Crippen molar-refractivity contribution in [3.8, 4) is 0 Å². The number of nitrogens with one attached hydrogen (secondary N) is 2. The maximum absolute atomic E-state index is 11.9. The number of aromatic amines is 1. The molecule has 3 N–H and O–H groups in total. The second-order valence-corrected chi connectivity index (χ2v) is 4.62. The molecular formula is C12H18N6O2.